The number of nitrogens with two attached hydrogens (primary N) is 2. The van der Waals surface area contributed by atoms with E-state index >= 15 is 0 Å². The number of aliphatic imine (C=N–C) groups is 1. The lowest BCUT2D eigenvalue weighted by molar-refractivity contribution is -0.142. The first-order valence-electron chi connectivity index (χ1n) is 13.6. The van der Waals surface area contributed by atoms with Crippen molar-refractivity contribution in [2.45, 2.75) is 43.7 Å². The number of nitrogens with zero attached hydrogens (tertiary/aromatic N) is 1. The summed E-state index contributed by atoms with van der Waals surface area (Å²) in [6.07, 6.45) is 0.461. The lowest BCUT2D eigenvalue weighted by atomic mass is 9.98. The molecule has 0 fully saturated rings. The molecule has 0 saturated heterocycles. The molecule has 0 heterocycles. The second-order valence-electron chi connectivity index (χ2n) is 9.89. The molecule has 0 bridgehead atoms. The highest BCUT2D eigenvalue weighted by atomic mass is 16.5. The van der Waals surface area contributed by atoms with Crippen LogP contribution < -0.4 is 22.1 Å². The van der Waals surface area contributed by atoms with Gasteiger partial charge in [0.25, 0.3) is 0 Å². The van der Waals surface area contributed by atoms with Crippen LogP contribution >= 0.6 is 0 Å². The third kappa shape index (κ3) is 7.84. The van der Waals surface area contributed by atoms with Gasteiger partial charge in [-0.05, 0) is 53.5 Å². The molecule has 1 aliphatic rings. The molecule has 0 aromatic heterocycles. The fraction of sp³-hybridized carbons (Fsp3) is 0.290. The number of aliphatic carboxylic acids is 1. The number of benzene rings is 3. The molecular formula is C31H35N5O5. The number of carbonyl (C=O) groups is 3. The molecule has 3 aromatic carbocycles. The van der Waals surface area contributed by atoms with Crippen molar-refractivity contribution in [3.63, 3.8) is 0 Å². The normalized spacial score (nSPS) is 13.3. The van der Waals surface area contributed by atoms with Gasteiger partial charge in [0, 0.05) is 12.5 Å². The number of guanidine groups is 1. The Bertz CT molecular complexity index is 1340. The van der Waals surface area contributed by atoms with Crippen LogP contribution in [0.4, 0.5) is 4.79 Å². The highest BCUT2D eigenvalue weighted by Crippen LogP contribution is 2.44. The average molecular weight is 558 g/mol. The summed E-state index contributed by atoms with van der Waals surface area (Å²) in [5.41, 5.74) is 16.0. The van der Waals surface area contributed by atoms with E-state index in [0.717, 1.165) is 27.8 Å². The second kappa shape index (κ2) is 14.0. The van der Waals surface area contributed by atoms with Gasteiger partial charge in [-0.15, -0.1) is 0 Å². The van der Waals surface area contributed by atoms with E-state index in [2.05, 4.69) is 15.6 Å². The summed E-state index contributed by atoms with van der Waals surface area (Å²) in [6.45, 7) is 0.326. The van der Waals surface area contributed by atoms with Gasteiger partial charge in [0.15, 0.2) is 5.96 Å². The third-order valence-electron chi connectivity index (χ3n) is 7.08. The number of carbonyl (C=O) groups excluding carboxylic acids is 2. The Kier molecular flexibility index (Phi) is 9.93. The summed E-state index contributed by atoms with van der Waals surface area (Å²) < 4.78 is 5.64. The summed E-state index contributed by atoms with van der Waals surface area (Å²) in [6, 6.07) is 23.4. The van der Waals surface area contributed by atoms with Crippen LogP contribution in [0.3, 0.4) is 0 Å². The molecule has 0 aliphatic heterocycles. The quantitative estimate of drug-likeness (QED) is 0.122. The van der Waals surface area contributed by atoms with Crippen molar-refractivity contribution < 1.29 is 24.2 Å². The number of aryl methyl sites for hydroxylation is 1. The molecule has 0 spiro atoms. The first-order valence-corrected chi connectivity index (χ1v) is 13.6. The summed E-state index contributed by atoms with van der Waals surface area (Å²) in [7, 11) is 0. The molecule has 10 heteroatoms. The Balaban J connectivity index is 1.42. The van der Waals surface area contributed by atoms with Crippen molar-refractivity contribution in [3.05, 3.63) is 95.6 Å². The number of hydrogen-bond donors (Lipinski definition) is 5. The van der Waals surface area contributed by atoms with E-state index in [1.807, 2.05) is 78.9 Å². The maximum atomic E-state index is 13.2. The van der Waals surface area contributed by atoms with Crippen LogP contribution in [-0.4, -0.2) is 54.3 Å². The van der Waals surface area contributed by atoms with Crippen LogP contribution in [0.1, 0.15) is 41.9 Å². The smallest absolute Gasteiger partial charge is 0.407 e. The predicted octanol–water partition coefficient (Wildman–Crippen LogP) is 3.15. The number of hydrogen-bond acceptors (Lipinski definition) is 5. The number of fused-ring (bicyclic) bond motifs is 3. The van der Waals surface area contributed by atoms with Gasteiger partial charge in [0.1, 0.15) is 18.7 Å². The Morgan fingerprint density at radius 1 is 0.829 bits per heavy atom. The topological polar surface area (TPSA) is 169 Å². The molecular weight excluding hydrogens is 522 g/mol. The van der Waals surface area contributed by atoms with Gasteiger partial charge in [-0.3, -0.25) is 9.79 Å². The summed E-state index contributed by atoms with van der Waals surface area (Å²) in [5.74, 6) is -2.02. The van der Waals surface area contributed by atoms with Gasteiger partial charge in [0.05, 0.1) is 0 Å². The van der Waals surface area contributed by atoms with E-state index in [-0.39, 0.29) is 37.9 Å². The van der Waals surface area contributed by atoms with E-state index < -0.39 is 30.1 Å². The van der Waals surface area contributed by atoms with Crippen LogP contribution in [0.2, 0.25) is 0 Å². The highest BCUT2D eigenvalue weighted by Gasteiger charge is 2.30. The first kappa shape index (κ1) is 29.1. The third-order valence-corrected chi connectivity index (χ3v) is 7.08. The van der Waals surface area contributed by atoms with Crippen molar-refractivity contribution in [1.29, 1.82) is 0 Å². The largest absolute Gasteiger partial charge is 0.480 e. The zero-order valence-corrected chi connectivity index (χ0v) is 22.7. The van der Waals surface area contributed by atoms with Crippen molar-refractivity contribution >= 4 is 23.9 Å². The average Bonchev–Trinajstić information content (AvgIpc) is 3.29. The van der Waals surface area contributed by atoms with Crippen LogP contribution in [0.25, 0.3) is 11.1 Å². The standard InChI is InChI=1S/C31H35N5O5/c32-30(33)34-18-8-15-27(29(38)39)35-28(37)26(17-16-20-9-2-1-3-10-20)36-31(40)41-19-25-23-13-6-4-11-21(23)22-12-5-7-14-24(22)25/h1-7,9-14,25-27H,8,15-19H2,(H,35,37)(H,36,40)(H,38,39)(H4,32,33,34)/t26-,27-/m0/s1. The first-order chi connectivity index (χ1) is 19.8. The molecule has 4 rings (SSSR count). The van der Waals surface area contributed by atoms with Gasteiger partial charge in [-0.2, -0.15) is 0 Å². The van der Waals surface area contributed by atoms with E-state index in [9.17, 15) is 19.5 Å². The molecule has 10 nitrogen and oxygen atoms in total. The zero-order valence-electron chi connectivity index (χ0n) is 22.7. The highest BCUT2D eigenvalue weighted by molar-refractivity contribution is 5.89. The summed E-state index contributed by atoms with van der Waals surface area (Å²) >= 11 is 0. The summed E-state index contributed by atoms with van der Waals surface area (Å²) in [4.78, 5) is 41.9. The van der Waals surface area contributed by atoms with Crippen LogP contribution in [-0.2, 0) is 20.7 Å². The van der Waals surface area contributed by atoms with Crippen molar-refractivity contribution in [2.24, 2.45) is 16.5 Å². The van der Waals surface area contributed by atoms with E-state index in [4.69, 9.17) is 16.2 Å². The maximum Gasteiger partial charge on any atom is 0.407 e. The molecule has 1 aliphatic carbocycles. The molecule has 3 aromatic rings. The Morgan fingerprint density at radius 2 is 1.44 bits per heavy atom. The van der Waals surface area contributed by atoms with Crippen molar-refractivity contribution in [2.75, 3.05) is 13.2 Å². The van der Waals surface area contributed by atoms with Gasteiger partial charge >= 0.3 is 12.1 Å². The number of carboxylic acids is 1. The SMILES string of the molecule is NC(N)=NCCC[C@H](NC(=O)[C@H](CCc1ccccc1)NC(=O)OCC1c2ccccc2-c2ccccc21)C(=O)O. The maximum absolute atomic E-state index is 13.2. The summed E-state index contributed by atoms with van der Waals surface area (Å²) in [5, 5.41) is 14.9. The van der Waals surface area contributed by atoms with Crippen molar-refractivity contribution in [1.82, 2.24) is 10.6 Å². The molecule has 2 atom stereocenters. The molecule has 214 valence electrons. The Labute approximate surface area is 238 Å². The zero-order chi connectivity index (χ0) is 29.2. The van der Waals surface area contributed by atoms with Gasteiger partial charge in [0.2, 0.25) is 5.91 Å². The van der Waals surface area contributed by atoms with Gasteiger partial charge in [-0.1, -0.05) is 78.9 Å². The Morgan fingerprint density at radius 3 is 2.05 bits per heavy atom. The van der Waals surface area contributed by atoms with Crippen LogP contribution in [0.15, 0.2) is 83.9 Å². The Hall–Kier alpha value is -4.86. The minimum Gasteiger partial charge on any atom is -0.480 e. The molecule has 41 heavy (non-hydrogen) atoms. The minimum absolute atomic E-state index is 0.0887. The minimum atomic E-state index is -1.19. The monoisotopic (exact) mass is 557 g/mol. The number of nitrogens with one attached hydrogen (secondary N) is 2. The lowest BCUT2D eigenvalue weighted by Gasteiger charge is -2.22. The number of carboxylic acid groups (broad SMARTS) is 1. The fourth-order valence-electron chi connectivity index (χ4n) is 5.04. The molecule has 0 unspecified atom stereocenters. The number of alkyl carbamates (subject to hydrolysis) is 1. The molecule has 0 radical (unpaired) electrons. The van der Waals surface area contributed by atoms with E-state index in [1.54, 1.807) is 0 Å². The molecule has 2 amide bonds. The number of rotatable bonds is 13. The molecule has 7 N–H and O–H groups in total. The van der Waals surface area contributed by atoms with Gasteiger partial charge in [-0.25, -0.2) is 9.59 Å². The van der Waals surface area contributed by atoms with Crippen molar-refractivity contribution in [3.8, 4) is 11.1 Å². The van der Waals surface area contributed by atoms with E-state index in [0.29, 0.717) is 12.8 Å². The lowest BCUT2D eigenvalue weighted by Crippen LogP contribution is -2.52. The molecule has 0 saturated carbocycles. The predicted molar refractivity (Wildman–Crippen MR) is 156 cm³/mol. The van der Waals surface area contributed by atoms with E-state index in [1.165, 1.54) is 0 Å². The number of ether oxygens (including phenoxy) is 1. The fourth-order valence-corrected chi connectivity index (χ4v) is 5.04. The van der Waals surface area contributed by atoms with Crippen LogP contribution in [0.5, 0.6) is 0 Å². The van der Waals surface area contributed by atoms with Crippen LogP contribution in [0, 0.1) is 0 Å². The van der Waals surface area contributed by atoms with Gasteiger partial charge < -0.3 is 31.9 Å². The second-order valence-corrected chi connectivity index (χ2v) is 9.89. The number of amides is 2.